The molecule has 60 valence electrons. The third-order valence-corrected chi connectivity index (χ3v) is 1.73. The summed E-state index contributed by atoms with van der Waals surface area (Å²) in [5, 5.41) is 12.0. The molecule has 1 rings (SSSR count). The van der Waals surface area contributed by atoms with Gasteiger partial charge in [-0.15, -0.1) is 5.10 Å². The van der Waals surface area contributed by atoms with Crippen LogP contribution in [0.15, 0.2) is 0 Å². The molecule has 5 nitrogen and oxygen atoms in total. The first kappa shape index (κ1) is 8.09. The normalized spacial score (nSPS) is 9.91. The van der Waals surface area contributed by atoms with Crippen molar-refractivity contribution in [3.8, 4) is 0 Å². The van der Waals surface area contributed by atoms with Gasteiger partial charge in [0, 0.05) is 7.11 Å². The molecule has 11 heavy (non-hydrogen) atoms. The second-order valence-corrected chi connectivity index (χ2v) is 2.62. The lowest BCUT2D eigenvalue weighted by Crippen LogP contribution is -2.01. The zero-order chi connectivity index (χ0) is 8.27. The Kier molecular flexibility index (Phi) is 2.50. The fraction of sp³-hybridized carbons (Fsp3) is 0.400. The van der Waals surface area contributed by atoms with Gasteiger partial charge < -0.3 is 9.84 Å². The fourth-order valence-corrected chi connectivity index (χ4v) is 1.20. The van der Waals surface area contributed by atoms with Crippen molar-refractivity contribution in [1.82, 2.24) is 9.59 Å². The monoisotopic (exact) mass is 174 g/mol. The van der Waals surface area contributed by atoms with Crippen molar-refractivity contribution in [3.05, 3.63) is 10.6 Å². The Balaban J connectivity index is 2.87. The van der Waals surface area contributed by atoms with Crippen molar-refractivity contribution in [2.75, 3.05) is 7.11 Å². The van der Waals surface area contributed by atoms with E-state index in [0.29, 0.717) is 4.88 Å². The van der Waals surface area contributed by atoms with Crippen LogP contribution in [0.4, 0.5) is 0 Å². The van der Waals surface area contributed by atoms with E-state index >= 15 is 0 Å². The highest BCUT2D eigenvalue weighted by atomic mass is 32.1. The maximum atomic E-state index is 10.4. The number of hydrogen-bond acceptors (Lipinski definition) is 5. The number of aromatic nitrogens is 2. The molecule has 6 heteroatoms. The smallest absolute Gasteiger partial charge is 0.357 e. The van der Waals surface area contributed by atoms with E-state index in [9.17, 15) is 4.79 Å². The van der Waals surface area contributed by atoms with E-state index in [1.165, 1.54) is 7.11 Å². The lowest BCUT2D eigenvalue weighted by atomic mass is 10.4. The average molecular weight is 174 g/mol. The minimum Gasteiger partial charge on any atom is -0.476 e. The van der Waals surface area contributed by atoms with Crippen LogP contribution in [0, 0.1) is 0 Å². The third kappa shape index (κ3) is 1.72. The SMILES string of the molecule is COCc1snnc1C(=O)O. The summed E-state index contributed by atoms with van der Waals surface area (Å²) < 4.78 is 8.24. The Labute approximate surface area is 66.8 Å². The van der Waals surface area contributed by atoms with Crippen molar-refractivity contribution in [2.45, 2.75) is 6.61 Å². The number of carbonyl (C=O) groups is 1. The van der Waals surface area contributed by atoms with E-state index in [1.807, 2.05) is 0 Å². The largest absolute Gasteiger partial charge is 0.476 e. The van der Waals surface area contributed by atoms with Crippen LogP contribution in [0.5, 0.6) is 0 Å². The molecule has 0 radical (unpaired) electrons. The van der Waals surface area contributed by atoms with Gasteiger partial charge in [-0.25, -0.2) is 4.79 Å². The molecule has 0 aromatic carbocycles. The molecule has 0 saturated heterocycles. The summed E-state index contributed by atoms with van der Waals surface area (Å²) in [5.41, 5.74) is -0.0168. The highest BCUT2D eigenvalue weighted by Crippen LogP contribution is 2.10. The van der Waals surface area contributed by atoms with E-state index in [-0.39, 0.29) is 12.3 Å². The molecule has 0 aliphatic rings. The van der Waals surface area contributed by atoms with E-state index in [4.69, 9.17) is 9.84 Å². The fourth-order valence-electron chi connectivity index (χ4n) is 0.597. The number of hydrogen-bond donors (Lipinski definition) is 1. The van der Waals surface area contributed by atoms with Gasteiger partial charge in [0.25, 0.3) is 0 Å². The van der Waals surface area contributed by atoms with Crippen LogP contribution in [-0.4, -0.2) is 27.8 Å². The molecule has 0 amide bonds. The van der Waals surface area contributed by atoms with Crippen LogP contribution in [0.2, 0.25) is 0 Å². The average Bonchev–Trinajstić information content (AvgIpc) is 2.36. The Hall–Kier alpha value is -1.01. The van der Waals surface area contributed by atoms with Crippen LogP contribution in [0.25, 0.3) is 0 Å². The van der Waals surface area contributed by atoms with Gasteiger partial charge in [-0.3, -0.25) is 0 Å². The Bertz CT molecular complexity index is 260. The maximum absolute atomic E-state index is 10.4. The Morgan fingerprint density at radius 3 is 3.09 bits per heavy atom. The lowest BCUT2D eigenvalue weighted by Gasteiger charge is -1.92. The first-order valence-electron chi connectivity index (χ1n) is 2.79. The molecule has 0 atom stereocenters. The Morgan fingerprint density at radius 1 is 1.82 bits per heavy atom. The van der Waals surface area contributed by atoms with Gasteiger partial charge in [0.2, 0.25) is 0 Å². The van der Waals surface area contributed by atoms with Crippen LogP contribution in [0.3, 0.4) is 0 Å². The number of carboxylic acids is 1. The minimum absolute atomic E-state index is 0.0168. The number of ether oxygens (including phenoxy) is 1. The standard InChI is InChI=1S/C5H6N2O3S/c1-10-2-3-4(5(8)9)6-7-11-3/h2H2,1H3,(H,8,9). The van der Waals surface area contributed by atoms with E-state index in [2.05, 4.69) is 9.59 Å². The quantitative estimate of drug-likeness (QED) is 0.717. The van der Waals surface area contributed by atoms with Gasteiger partial charge in [-0.2, -0.15) is 0 Å². The molecule has 0 unspecified atom stereocenters. The van der Waals surface area contributed by atoms with Gasteiger partial charge in [-0.1, -0.05) is 4.49 Å². The molecule has 1 aromatic heterocycles. The molecule has 0 aliphatic carbocycles. The van der Waals surface area contributed by atoms with Crippen molar-refractivity contribution in [1.29, 1.82) is 0 Å². The zero-order valence-electron chi connectivity index (χ0n) is 5.77. The minimum atomic E-state index is -1.06. The van der Waals surface area contributed by atoms with Crippen molar-refractivity contribution >= 4 is 17.5 Å². The van der Waals surface area contributed by atoms with Gasteiger partial charge in [0.05, 0.1) is 11.5 Å². The molecule has 0 aliphatic heterocycles. The maximum Gasteiger partial charge on any atom is 0.357 e. The summed E-state index contributed by atoms with van der Waals surface area (Å²) in [6, 6.07) is 0. The summed E-state index contributed by atoms with van der Waals surface area (Å²) in [5.74, 6) is -1.06. The predicted octanol–water partition coefficient (Wildman–Crippen LogP) is 0.383. The second-order valence-electron chi connectivity index (χ2n) is 1.78. The van der Waals surface area contributed by atoms with Crippen LogP contribution < -0.4 is 0 Å². The molecule has 0 bridgehead atoms. The molecule has 0 saturated carbocycles. The van der Waals surface area contributed by atoms with Crippen molar-refractivity contribution in [3.63, 3.8) is 0 Å². The highest BCUT2D eigenvalue weighted by Gasteiger charge is 2.13. The van der Waals surface area contributed by atoms with Crippen molar-refractivity contribution in [2.24, 2.45) is 0 Å². The molecular formula is C5H6N2O3S. The molecule has 0 spiro atoms. The molecule has 1 heterocycles. The van der Waals surface area contributed by atoms with E-state index < -0.39 is 5.97 Å². The summed E-state index contributed by atoms with van der Waals surface area (Å²) in [4.78, 5) is 10.9. The van der Waals surface area contributed by atoms with Gasteiger partial charge in [0.1, 0.15) is 0 Å². The molecule has 1 N–H and O–H groups in total. The van der Waals surface area contributed by atoms with E-state index in [0.717, 1.165) is 11.5 Å². The molecular weight excluding hydrogens is 168 g/mol. The Morgan fingerprint density at radius 2 is 2.55 bits per heavy atom. The van der Waals surface area contributed by atoms with E-state index in [1.54, 1.807) is 0 Å². The molecule has 0 fully saturated rings. The zero-order valence-corrected chi connectivity index (χ0v) is 6.59. The van der Waals surface area contributed by atoms with Crippen LogP contribution in [-0.2, 0) is 11.3 Å². The topological polar surface area (TPSA) is 72.3 Å². The van der Waals surface area contributed by atoms with Crippen molar-refractivity contribution < 1.29 is 14.6 Å². The molecule has 1 aromatic rings. The predicted molar refractivity (Wildman–Crippen MR) is 37.6 cm³/mol. The van der Waals surface area contributed by atoms with Gasteiger partial charge >= 0.3 is 5.97 Å². The number of rotatable bonds is 3. The van der Waals surface area contributed by atoms with Gasteiger partial charge in [-0.05, 0) is 11.5 Å². The van der Waals surface area contributed by atoms with Gasteiger partial charge in [0.15, 0.2) is 5.69 Å². The summed E-state index contributed by atoms with van der Waals surface area (Å²) in [6.45, 7) is 0.249. The van der Waals surface area contributed by atoms with Crippen LogP contribution in [0.1, 0.15) is 15.4 Å². The second kappa shape index (κ2) is 3.40. The number of aromatic carboxylic acids is 1. The third-order valence-electron chi connectivity index (χ3n) is 1.03. The highest BCUT2D eigenvalue weighted by molar-refractivity contribution is 7.05. The van der Waals surface area contributed by atoms with Crippen LogP contribution >= 0.6 is 11.5 Å². The first-order chi connectivity index (χ1) is 5.25. The number of methoxy groups -OCH3 is 1. The summed E-state index contributed by atoms with van der Waals surface area (Å²) in [6.07, 6.45) is 0. The lowest BCUT2D eigenvalue weighted by molar-refractivity contribution is 0.0685. The number of carboxylic acid groups (broad SMARTS) is 1. The summed E-state index contributed by atoms with van der Waals surface area (Å²) in [7, 11) is 1.49. The first-order valence-corrected chi connectivity index (χ1v) is 3.56. The summed E-state index contributed by atoms with van der Waals surface area (Å²) >= 11 is 1.04. The number of nitrogens with zero attached hydrogens (tertiary/aromatic N) is 2.